The van der Waals surface area contributed by atoms with Crippen molar-refractivity contribution in [2.45, 2.75) is 0 Å². The fourth-order valence-electron chi connectivity index (χ4n) is 1.67. The summed E-state index contributed by atoms with van der Waals surface area (Å²) in [7, 11) is 0. The van der Waals surface area contributed by atoms with Crippen LogP contribution in [0, 0.1) is 0 Å². The molecule has 0 unspecified atom stereocenters. The third-order valence-electron chi connectivity index (χ3n) is 2.82. The third kappa shape index (κ3) is 4.82. The predicted molar refractivity (Wildman–Crippen MR) is 98.6 cm³/mol. The van der Waals surface area contributed by atoms with Crippen molar-refractivity contribution in [1.82, 2.24) is 16.2 Å². The Hall–Kier alpha value is -1.86. The minimum absolute atomic E-state index is 0.0820. The standard InChI is InChI=1S/C15H10Cl3N3O2S/c16-9-6-4-8(5-7-9)13(22)19-15(24)21-20-14(23)10-2-1-3-11(17)12(10)18/h1-7H,(H,20,23)(H2,19,21,22,24). The van der Waals surface area contributed by atoms with Gasteiger partial charge in [0.15, 0.2) is 5.11 Å². The number of rotatable bonds is 2. The van der Waals surface area contributed by atoms with Gasteiger partial charge >= 0.3 is 0 Å². The molecule has 0 radical (unpaired) electrons. The molecule has 0 aliphatic carbocycles. The van der Waals surface area contributed by atoms with Gasteiger partial charge < -0.3 is 0 Å². The van der Waals surface area contributed by atoms with Gasteiger partial charge in [-0.1, -0.05) is 40.9 Å². The van der Waals surface area contributed by atoms with Crippen molar-refractivity contribution >= 4 is 63.9 Å². The number of benzene rings is 2. The van der Waals surface area contributed by atoms with Crippen LogP contribution < -0.4 is 16.2 Å². The van der Waals surface area contributed by atoms with Crippen LogP contribution in [0.4, 0.5) is 0 Å². The van der Waals surface area contributed by atoms with Crippen LogP contribution >= 0.6 is 47.0 Å². The Kier molecular flexibility index (Phi) is 6.39. The number of hydrogen-bond acceptors (Lipinski definition) is 3. The van der Waals surface area contributed by atoms with E-state index in [1.165, 1.54) is 6.07 Å². The SMILES string of the molecule is O=C(NC(=S)NNC(=O)c1cccc(Cl)c1Cl)c1ccc(Cl)cc1. The highest BCUT2D eigenvalue weighted by atomic mass is 35.5. The van der Waals surface area contributed by atoms with Gasteiger partial charge in [-0.2, -0.15) is 0 Å². The summed E-state index contributed by atoms with van der Waals surface area (Å²) in [5.41, 5.74) is 5.27. The van der Waals surface area contributed by atoms with Crippen molar-refractivity contribution in [1.29, 1.82) is 0 Å². The van der Waals surface area contributed by atoms with E-state index in [0.717, 1.165) is 0 Å². The van der Waals surface area contributed by atoms with E-state index in [2.05, 4.69) is 16.2 Å². The van der Waals surface area contributed by atoms with Crippen molar-refractivity contribution in [3.8, 4) is 0 Å². The summed E-state index contributed by atoms with van der Waals surface area (Å²) in [4.78, 5) is 24.0. The first-order valence-corrected chi connectivity index (χ1v) is 8.04. The summed E-state index contributed by atoms with van der Waals surface area (Å²) < 4.78 is 0. The Morgan fingerprint density at radius 2 is 1.54 bits per heavy atom. The molecule has 2 rings (SSSR count). The van der Waals surface area contributed by atoms with Crippen LogP contribution in [0.3, 0.4) is 0 Å². The molecular weight excluding hydrogens is 393 g/mol. The third-order valence-corrected chi connectivity index (χ3v) is 4.09. The molecule has 2 aromatic carbocycles. The Bertz CT molecular complexity index is 797. The second-order valence-corrected chi connectivity index (χ2v) is 6.10. The zero-order valence-corrected chi connectivity index (χ0v) is 15.0. The van der Waals surface area contributed by atoms with Gasteiger partial charge in [0.1, 0.15) is 0 Å². The van der Waals surface area contributed by atoms with Crippen LogP contribution in [-0.4, -0.2) is 16.9 Å². The molecule has 2 amide bonds. The van der Waals surface area contributed by atoms with Crippen molar-refractivity contribution in [3.05, 3.63) is 68.7 Å². The topological polar surface area (TPSA) is 70.2 Å². The van der Waals surface area contributed by atoms with E-state index in [1.54, 1.807) is 36.4 Å². The van der Waals surface area contributed by atoms with Crippen LogP contribution in [0.2, 0.25) is 15.1 Å². The molecular formula is C15H10Cl3N3O2S. The summed E-state index contributed by atoms with van der Waals surface area (Å²) in [5.74, 6) is -0.996. The molecule has 124 valence electrons. The van der Waals surface area contributed by atoms with Crippen LogP contribution in [-0.2, 0) is 0 Å². The van der Waals surface area contributed by atoms with E-state index >= 15 is 0 Å². The van der Waals surface area contributed by atoms with Crippen molar-refractivity contribution < 1.29 is 9.59 Å². The highest BCUT2D eigenvalue weighted by Crippen LogP contribution is 2.25. The number of halogens is 3. The Labute approximate surface area is 158 Å². The monoisotopic (exact) mass is 401 g/mol. The molecule has 9 heteroatoms. The van der Waals surface area contributed by atoms with Gasteiger partial charge in [-0.3, -0.25) is 25.8 Å². The lowest BCUT2D eigenvalue weighted by molar-refractivity contribution is 0.0934. The Morgan fingerprint density at radius 1 is 0.875 bits per heavy atom. The summed E-state index contributed by atoms with van der Waals surface area (Å²) in [6.07, 6.45) is 0. The van der Waals surface area contributed by atoms with Gasteiger partial charge in [0.2, 0.25) is 0 Å². The lowest BCUT2D eigenvalue weighted by Gasteiger charge is -2.11. The second kappa shape index (κ2) is 8.30. The van der Waals surface area contributed by atoms with Crippen molar-refractivity contribution in [2.75, 3.05) is 0 Å². The van der Waals surface area contributed by atoms with E-state index in [4.69, 9.17) is 47.0 Å². The number of amides is 2. The first-order valence-electron chi connectivity index (χ1n) is 6.49. The van der Waals surface area contributed by atoms with E-state index in [0.29, 0.717) is 10.6 Å². The largest absolute Gasteiger partial charge is 0.298 e. The number of hydrazine groups is 1. The number of hydrogen-bond donors (Lipinski definition) is 3. The second-order valence-electron chi connectivity index (χ2n) is 4.47. The normalized spacial score (nSPS) is 9.96. The van der Waals surface area contributed by atoms with E-state index in [9.17, 15) is 9.59 Å². The molecule has 2 aromatic rings. The van der Waals surface area contributed by atoms with Gasteiger partial charge in [0.25, 0.3) is 11.8 Å². The molecule has 0 atom stereocenters. The molecule has 0 aromatic heterocycles. The van der Waals surface area contributed by atoms with E-state index in [-0.39, 0.29) is 20.7 Å². The van der Waals surface area contributed by atoms with Crippen molar-refractivity contribution in [2.24, 2.45) is 0 Å². The van der Waals surface area contributed by atoms with Crippen LogP contribution in [0.1, 0.15) is 20.7 Å². The number of thiocarbonyl (C=S) groups is 1. The molecule has 0 saturated heterocycles. The molecule has 0 spiro atoms. The molecule has 0 aliphatic heterocycles. The first-order chi connectivity index (χ1) is 11.4. The number of carbonyl (C=O) groups is 2. The Morgan fingerprint density at radius 3 is 2.21 bits per heavy atom. The molecule has 24 heavy (non-hydrogen) atoms. The summed E-state index contributed by atoms with van der Waals surface area (Å²) >= 11 is 22.5. The van der Waals surface area contributed by atoms with Gasteiger partial charge in [-0.05, 0) is 48.6 Å². The zero-order chi connectivity index (χ0) is 17.7. The Balaban J connectivity index is 1.91. The lowest BCUT2D eigenvalue weighted by atomic mass is 10.2. The molecule has 5 nitrogen and oxygen atoms in total. The van der Waals surface area contributed by atoms with Gasteiger partial charge in [-0.15, -0.1) is 0 Å². The summed E-state index contributed by atoms with van der Waals surface area (Å²) in [6, 6.07) is 10.9. The van der Waals surface area contributed by atoms with Gasteiger partial charge in [-0.25, -0.2) is 0 Å². The highest BCUT2D eigenvalue weighted by molar-refractivity contribution is 7.80. The average molecular weight is 403 g/mol. The summed E-state index contributed by atoms with van der Waals surface area (Å²) in [6.45, 7) is 0. The fourth-order valence-corrected chi connectivity index (χ4v) is 2.32. The molecule has 0 aliphatic rings. The van der Waals surface area contributed by atoms with Crippen LogP contribution in [0.15, 0.2) is 42.5 Å². The maximum absolute atomic E-state index is 12.0. The minimum atomic E-state index is -0.550. The molecule has 0 fully saturated rings. The van der Waals surface area contributed by atoms with Crippen LogP contribution in [0.5, 0.6) is 0 Å². The fraction of sp³-hybridized carbons (Fsp3) is 0. The van der Waals surface area contributed by atoms with E-state index in [1.807, 2.05) is 0 Å². The van der Waals surface area contributed by atoms with Gasteiger partial charge in [0, 0.05) is 10.6 Å². The highest BCUT2D eigenvalue weighted by Gasteiger charge is 2.13. The molecule has 0 saturated carbocycles. The predicted octanol–water partition coefficient (Wildman–Crippen LogP) is 3.60. The zero-order valence-electron chi connectivity index (χ0n) is 11.9. The summed E-state index contributed by atoms with van der Waals surface area (Å²) in [5, 5.41) is 3.22. The number of carbonyl (C=O) groups excluding carboxylic acids is 2. The molecule has 0 bridgehead atoms. The quantitative estimate of drug-likeness (QED) is 0.530. The minimum Gasteiger partial charge on any atom is -0.298 e. The smallest absolute Gasteiger partial charge is 0.271 e. The van der Waals surface area contributed by atoms with Crippen molar-refractivity contribution in [3.63, 3.8) is 0 Å². The molecule has 0 heterocycles. The van der Waals surface area contributed by atoms with Crippen LogP contribution in [0.25, 0.3) is 0 Å². The molecule has 3 N–H and O–H groups in total. The maximum atomic E-state index is 12.0. The lowest BCUT2D eigenvalue weighted by Crippen LogP contribution is -2.48. The first kappa shape index (κ1) is 18.5. The average Bonchev–Trinajstić information content (AvgIpc) is 2.55. The van der Waals surface area contributed by atoms with Gasteiger partial charge in [0.05, 0.1) is 15.6 Å². The maximum Gasteiger partial charge on any atom is 0.271 e. The van der Waals surface area contributed by atoms with E-state index < -0.39 is 11.8 Å². The number of nitrogens with one attached hydrogen (secondary N) is 3.